The van der Waals surface area contributed by atoms with E-state index in [1.165, 1.54) is 11.1 Å². The van der Waals surface area contributed by atoms with Crippen LogP contribution in [0.5, 0.6) is 0 Å². The van der Waals surface area contributed by atoms with Gasteiger partial charge in [0.25, 0.3) is 0 Å². The van der Waals surface area contributed by atoms with Crippen LogP contribution >= 0.6 is 0 Å². The molecule has 0 spiro atoms. The van der Waals surface area contributed by atoms with Gasteiger partial charge in [0, 0.05) is 44.2 Å². The van der Waals surface area contributed by atoms with Crippen LogP contribution in [0.3, 0.4) is 0 Å². The zero-order valence-corrected chi connectivity index (χ0v) is 12.5. The van der Waals surface area contributed by atoms with Crippen molar-refractivity contribution in [1.29, 1.82) is 0 Å². The van der Waals surface area contributed by atoms with Crippen LogP contribution in [0.25, 0.3) is 10.9 Å². The predicted octanol–water partition coefficient (Wildman–Crippen LogP) is 2.68. The van der Waals surface area contributed by atoms with Gasteiger partial charge in [-0.3, -0.25) is 9.78 Å². The first-order chi connectivity index (χ1) is 10.3. The fourth-order valence-electron chi connectivity index (χ4n) is 2.91. The Hall–Kier alpha value is -2.10. The lowest BCUT2D eigenvalue weighted by molar-refractivity contribution is -0.131. The Kier molecular flexibility index (Phi) is 4.04. The van der Waals surface area contributed by atoms with Gasteiger partial charge in [0.15, 0.2) is 0 Å². The van der Waals surface area contributed by atoms with Gasteiger partial charge in [0.1, 0.15) is 0 Å². The molecule has 0 aliphatic carbocycles. The van der Waals surface area contributed by atoms with E-state index in [1.807, 2.05) is 17.2 Å². The first-order valence-electron chi connectivity index (χ1n) is 7.66. The molecule has 0 unspecified atom stereocenters. The molecule has 0 saturated carbocycles. The molecule has 0 N–H and O–H groups in total. The van der Waals surface area contributed by atoms with Crippen molar-refractivity contribution < 1.29 is 4.79 Å². The molecule has 1 aromatic carbocycles. The van der Waals surface area contributed by atoms with Crippen LogP contribution < -0.4 is 4.90 Å². The number of rotatable bonds is 3. The Labute approximate surface area is 125 Å². The number of fused-ring (bicyclic) bond motifs is 1. The van der Waals surface area contributed by atoms with Gasteiger partial charge in [-0.2, -0.15) is 0 Å². The molecular formula is C17H21N3O. The summed E-state index contributed by atoms with van der Waals surface area (Å²) in [5, 5.41) is 1.17. The van der Waals surface area contributed by atoms with E-state index < -0.39 is 0 Å². The predicted molar refractivity (Wildman–Crippen MR) is 85.4 cm³/mol. The van der Waals surface area contributed by atoms with Gasteiger partial charge in [-0.05, 0) is 18.6 Å². The standard InChI is InChI=1S/C17H21N3O/c1-2-5-16(21)20-12-10-19(11-13-20)15-8-3-6-14-7-4-9-18-17(14)15/h3-4,6-9H,2,5,10-13H2,1H3. The fourth-order valence-corrected chi connectivity index (χ4v) is 2.91. The molecule has 0 atom stereocenters. The third-order valence-corrected chi connectivity index (χ3v) is 4.05. The fraction of sp³-hybridized carbons (Fsp3) is 0.412. The highest BCUT2D eigenvalue weighted by atomic mass is 16.2. The van der Waals surface area contributed by atoms with E-state index in [2.05, 4.69) is 41.1 Å². The summed E-state index contributed by atoms with van der Waals surface area (Å²) in [7, 11) is 0. The molecule has 1 aromatic heterocycles. The largest absolute Gasteiger partial charge is 0.366 e. The van der Waals surface area contributed by atoms with E-state index in [1.54, 1.807) is 0 Å². The Morgan fingerprint density at radius 3 is 2.67 bits per heavy atom. The van der Waals surface area contributed by atoms with Gasteiger partial charge in [0.05, 0.1) is 11.2 Å². The van der Waals surface area contributed by atoms with Crippen LogP contribution in [0.15, 0.2) is 36.5 Å². The number of para-hydroxylation sites is 1. The summed E-state index contributed by atoms with van der Waals surface area (Å²) in [4.78, 5) is 20.8. The second kappa shape index (κ2) is 6.12. The Balaban J connectivity index is 1.76. The first kappa shape index (κ1) is 13.9. The summed E-state index contributed by atoms with van der Waals surface area (Å²) in [6.45, 7) is 5.43. The summed E-state index contributed by atoms with van der Waals surface area (Å²) < 4.78 is 0. The average Bonchev–Trinajstić information content (AvgIpc) is 2.55. The van der Waals surface area contributed by atoms with Crippen LogP contribution in [0.2, 0.25) is 0 Å². The van der Waals surface area contributed by atoms with E-state index in [-0.39, 0.29) is 5.91 Å². The maximum Gasteiger partial charge on any atom is 0.222 e. The van der Waals surface area contributed by atoms with Crippen molar-refractivity contribution in [3.8, 4) is 0 Å². The van der Waals surface area contributed by atoms with E-state index in [0.717, 1.165) is 38.1 Å². The number of hydrogen-bond donors (Lipinski definition) is 0. The molecule has 1 aliphatic heterocycles. The average molecular weight is 283 g/mol. The second-order valence-corrected chi connectivity index (χ2v) is 5.47. The molecule has 2 aromatic rings. The second-order valence-electron chi connectivity index (χ2n) is 5.47. The topological polar surface area (TPSA) is 36.4 Å². The molecule has 110 valence electrons. The number of nitrogens with zero attached hydrogens (tertiary/aromatic N) is 3. The van der Waals surface area contributed by atoms with Crippen molar-refractivity contribution in [3.63, 3.8) is 0 Å². The van der Waals surface area contributed by atoms with E-state index >= 15 is 0 Å². The van der Waals surface area contributed by atoms with Crippen LogP contribution in [0, 0.1) is 0 Å². The summed E-state index contributed by atoms with van der Waals surface area (Å²) in [6, 6.07) is 10.3. The SMILES string of the molecule is CCCC(=O)N1CCN(c2cccc3cccnc23)CC1. The number of amides is 1. The van der Waals surface area contributed by atoms with Gasteiger partial charge in [-0.1, -0.05) is 25.1 Å². The number of piperazine rings is 1. The maximum atomic E-state index is 11.9. The smallest absolute Gasteiger partial charge is 0.222 e. The van der Waals surface area contributed by atoms with E-state index in [0.29, 0.717) is 6.42 Å². The Bertz CT molecular complexity index is 627. The zero-order valence-electron chi connectivity index (χ0n) is 12.5. The lowest BCUT2D eigenvalue weighted by Gasteiger charge is -2.36. The number of pyridine rings is 1. The highest BCUT2D eigenvalue weighted by Crippen LogP contribution is 2.25. The normalized spacial score (nSPS) is 15.5. The van der Waals surface area contributed by atoms with Gasteiger partial charge in [-0.15, -0.1) is 0 Å². The molecule has 4 heteroatoms. The number of hydrogen-bond acceptors (Lipinski definition) is 3. The highest BCUT2D eigenvalue weighted by Gasteiger charge is 2.21. The first-order valence-corrected chi connectivity index (χ1v) is 7.66. The molecule has 1 aliphatic rings. The van der Waals surface area contributed by atoms with Gasteiger partial charge >= 0.3 is 0 Å². The minimum absolute atomic E-state index is 0.285. The number of aromatic nitrogens is 1. The molecule has 0 radical (unpaired) electrons. The molecular weight excluding hydrogens is 262 g/mol. The van der Waals surface area contributed by atoms with Crippen molar-refractivity contribution in [2.45, 2.75) is 19.8 Å². The molecule has 1 saturated heterocycles. The molecule has 2 heterocycles. The van der Waals surface area contributed by atoms with Gasteiger partial charge in [0.2, 0.25) is 5.91 Å². The maximum absolute atomic E-state index is 11.9. The van der Waals surface area contributed by atoms with Crippen molar-refractivity contribution in [2.75, 3.05) is 31.1 Å². The van der Waals surface area contributed by atoms with Crippen molar-refractivity contribution in [1.82, 2.24) is 9.88 Å². The molecule has 1 fully saturated rings. The van der Waals surface area contributed by atoms with Crippen LogP contribution in [-0.2, 0) is 4.79 Å². The number of carbonyl (C=O) groups excluding carboxylic acids is 1. The van der Waals surface area contributed by atoms with Crippen molar-refractivity contribution >= 4 is 22.5 Å². The third-order valence-electron chi connectivity index (χ3n) is 4.05. The van der Waals surface area contributed by atoms with E-state index in [9.17, 15) is 4.79 Å². The van der Waals surface area contributed by atoms with Crippen LogP contribution in [0.1, 0.15) is 19.8 Å². The van der Waals surface area contributed by atoms with E-state index in [4.69, 9.17) is 0 Å². The summed E-state index contributed by atoms with van der Waals surface area (Å²) in [6.07, 6.45) is 3.43. The molecule has 21 heavy (non-hydrogen) atoms. The van der Waals surface area contributed by atoms with Crippen LogP contribution in [-0.4, -0.2) is 42.0 Å². The highest BCUT2D eigenvalue weighted by molar-refractivity contribution is 5.90. The summed E-state index contributed by atoms with van der Waals surface area (Å²) in [5.74, 6) is 0.285. The lowest BCUT2D eigenvalue weighted by atomic mass is 10.1. The van der Waals surface area contributed by atoms with Crippen molar-refractivity contribution in [3.05, 3.63) is 36.5 Å². The summed E-state index contributed by atoms with van der Waals surface area (Å²) >= 11 is 0. The number of benzene rings is 1. The number of anilines is 1. The monoisotopic (exact) mass is 283 g/mol. The van der Waals surface area contributed by atoms with Crippen LogP contribution in [0.4, 0.5) is 5.69 Å². The molecule has 1 amide bonds. The lowest BCUT2D eigenvalue weighted by Crippen LogP contribution is -2.48. The Morgan fingerprint density at radius 1 is 1.14 bits per heavy atom. The van der Waals surface area contributed by atoms with Gasteiger partial charge < -0.3 is 9.80 Å². The summed E-state index contributed by atoms with van der Waals surface area (Å²) in [5.41, 5.74) is 2.23. The third kappa shape index (κ3) is 2.84. The number of carbonyl (C=O) groups is 1. The van der Waals surface area contributed by atoms with Crippen molar-refractivity contribution in [2.24, 2.45) is 0 Å². The zero-order chi connectivity index (χ0) is 14.7. The Morgan fingerprint density at radius 2 is 1.90 bits per heavy atom. The quantitative estimate of drug-likeness (QED) is 0.869. The molecule has 3 rings (SSSR count). The molecule has 0 bridgehead atoms. The molecule has 4 nitrogen and oxygen atoms in total. The minimum Gasteiger partial charge on any atom is -0.366 e. The van der Waals surface area contributed by atoms with Gasteiger partial charge in [-0.25, -0.2) is 0 Å². The minimum atomic E-state index is 0.285.